The number of ether oxygens (including phenoxy) is 1. The van der Waals surface area contributed by atoms with Crippen LogP contribution in [0.2, 0.25) is 0 Å². The number of hydrogen-bond donors (Lipinski definition) is 0. The van der Waals surface area contributed by atoms with Crippen molar-refractivity contribution in [3.63, 3.8) is 0 Å². The van der Waals surface area contributed by atoms with E-state index in [1.165, 1.54) is 25.1 Å². The Kier molecular flexibility index (Phi) is 5.93. The number of carbonyl (C=O) groups is 1. The molecule has 0 unspecified atom stereocenters. The maximum absolute atomic E-state index is 12.0. The van der Waals surface area contributed by atoms with Gasteiger partial charge in [-0.1, -0.05) is 45.9 Å². The maximum atomic E-state index is 12.0. The van der Waals surface area contributed by atoms with E-state index >= 15 is 0 Å². The lowest BCUT2D eigenvalue weighted by Crippen LogP contribution is -2.17. The molecule has 0 atom stereocenters. The van der Waals surface area contributed by atoms with E-state index in [1.807, 2.05) is 0 Å². The van der Waals surface area contributed by atoms with Crippen molar-refractivity contribution in [3.05, 3.63) is 34.3 Å². The molecule has 0 aliphatic heterocycles. The molecule has 0 amide bonds. The Morgan fingerprint density at radius 2 is 2.16 bits per heavy atom. The minimum atomic E-state index is -4.70. The van der Waals surface area contributed by atoms with Gasteiger partial charge in [-0.2, -0.15) is 0 Å². The van der Waals surface area contributed by atoms with Crippen LogP contribution in [-0.4, -0.2) is 17.2 Å². The first kappa shape index (κ1) is 16.1. The number of benzene rings is 1. The molecule has 1 aromatic carbocycles. The Hall–Kier alpha value is -0.950. The summed E-state index contributed by atoms with van der Waals surface area (Å²) in [5, 5.41) is 0.0117. The third-order valence-electron chi connectivity index (χ3n) is 1.89. The third kappa shape index (κ3) is 6.68. The first-order valence-corrected chi connectivity index (χ1v) is 6.91. The molecule has 0 bridgehead atoms. The first-order chi connectivity index (χ1) is 8.78. The zero-order valence-corrected chi connectivity index (χ0v) is 12.2. The molecule has 2 nitrogen and oxygen atoms in total. The highest BCUT2D eigenvalue weighted by Gasteiger charge is 2.31. The number of hydrogen-bond acceptors (Lipinski definition) is 3. The molecule has 0 saturated carbocycles. The van der Waals surface area contributed by atoms with Crippen LogP contribution in [0.15, 0.2) is 28.7 Å². The van der Waals surface area contributed by atoms with Crippen molar-refractivity contribution in [2.45, 2.75) is 13.3 Å². The normalized spacial score (nSPS) is 11.8. The molecule has 0 N–H and O–H groups in total. The van der Waals surface area contributed by atoms with Crippen LogP contribution in [0.5, 0.6) is 5.75 Å². The molecule has 104 valence electrons. The van der Waals surface area contributed by atoms with E-state index in [4.69, 9.17) is 0 Å². The summed E-state index contributed by atoms with van der Waals surface area (Å²) < 4.78 is 40.3. The quantitative estimate of drug-likeness (QED) is 0.787. The van der Waals surface area contributed by atoms with E-state index in [0.717, 1.165) is 11.8 Å². The van der Waals surface area contributed by atoms with Gasteiger partial charge in [0.05, 0.1) is 0 Å². The number of carbonyl (C=O) groups excluding carboxylic acids is 1. The van der Waals surface area contributed by atoms with E-state index in [9.17, 15) is 18.0 Å². The monoisotopic (exact) mass is 354 g/mol. The average molecular weight is 355 g/mol. The molecule has 0 heterocycles. The molecule has 0 radical (unpaired) electrons. The fourth-order valence-electron chi connectivity index (χ4n) is 1.18. The van der Waals surface area contributed by atoms with Crippen molar-refractivity contribution >= 4 is 38.9 Å². The number of alkyl halides is 3. The Bertz CT molecular complexity index is 486. The standard InChI is InChI=1S/C12H10BrF3O2S/c1-8(17)19-6-2-3-9-4-5-10(7-11(9)13)18-12(14,15)16/h2-5,7H,6H2,1H3. The molecule has 0 fully saturated rings. The van der Waals surface area contributed by atoms with Gasteiger partial charge in [-0.25, -0.2) is 0 Å². The number of thioether (sulfide) groups is 1. The maximum Gasteiger partial charge on any atom is 0.573 e. The minimum absolute atomic E-state index is 0.0117. The summed E-state index contributed by atoms with van der Waals surface area (Å²) in [6, 6.07) is 3.97. The molecule has 1 aromatic rings. The van der Waals surface area contributed by atoms with E-state index in [2.05, 4.69) is 20.7 Å². The van der Waals surface area contributed by atoms with Gasteiger partial charge in [0.25, 0.3) is 0 Å². The predicted molar refractivity (Wildman–Crippen MR) is 73.0 cm³/mol. The van der Waals surface area contributed by atoms with Crippen LogP contribution in [0.3, 0.4) is 0 Å². The second kappa shape index (κ2) is 7.00. The fraction of sp³-hybridized carbons (Fsp3) is 0.250. The van der Waals surface area contributed by atoms with Crippen LogP contribution in [0.4, 0.5) is 13.2 Å². The van der Waals surface area contributed by atoms with Gasteiger partial charge in [-0.15, -0.1) is 13.2 Å². The molecular formula is C12H10BrF3O2S. The second-order valence-corrected chi connectivity index (χ2v) is 5.49. The van der Waals surface area contributed by atoms with Gasteiger partial charge in [0, 0.05) is 17.1 Å². The Labute approximate surface area is 121 Å². The van der Waals surface area contributed by atoms with Crippen LogP contribution >= 0.6 is 27.7 Å². The third-order valence-corrected chi connectivity index (χ3v) is 3.34. The highest BCUT2D eigenvalue weighted by molar-refractivity contribution is 9.10. The molecule has 7 heteroatoms. The zero-order chi connectivity index (χ0) is 14.5. The number of rotatable bonds is 4. The Morgan fingerprint density at radius 3 is 2.68 bits per heavy atom. The van der Waals surface area contributed by atoms with Crippen molar-refractivity contribution in [2.24, 2.45) is 0 Å². The molecule has 1 rings (SSSR count). The summed E-state index contributed by atoms with van der Waals surface area (Å²) in [4.78, 5) is 10.7. The lowest BCUT2D eigenvalue weighted by molar-refractivity contribution is -0.274. The largest absolute Gasteiger partial charge is 0.573 e. The van der Waals surface area contributed by atoms with E-state index in [0.29, 0.717) is 15.8 Å². The van der Waals surface area contributed by atoms with Crippen LogP contribution in [0.25, 0.3) is 6.08 Å². The summed E-state index contributed by atoms with van der Waals surface area (Å²) in [5.41, 5.74) is 0.707. The van der Waals surface area contributed by atoms with Gasteiger partial charge in [0.2, 0.25) is 0 Å². The summed E-state index contributed by atoms with van der Waals surface area (Å²) >= 11 is 4.32. The highest BCUT2D eigenvalue weighted by atomic mass is 79.9. The second-order valence-electron chi connectivity index (χ2n) is 3.44. The average Bonchev–Trinajstić information content (AvgIpc) is 2.24. The van der Waals surface area contributed by atoms with Gasteiger partial charge in [-0.05, 0) is 17.7 Å². The van der Waals surface area contributed by atoms with Crippen LogP contribution in [0.1, 0.15) is 12.5 Å². The minimum Gasteiger partial charge on any atom is -0.406 e. The molecule has 0 aliphatic rings. The van der Waals surface area contributed by atoms with Crippen LogP contribution in [0, 0.1) is 0 Å². The zero-order valence-electron chi connectivity index (χ0n) is 9.83. The van der Waals surface area contributed by atoms with Crippen molar-refractivity contribution in [2.75, 3.05) is 5.75 Å². The Morgan fingerprint density at radius 1 is 1.47 bits per heavy atom. The summed E-state index contributed by atoms with van der Waals surface area (Å²) in [6.07, 6.45) is -1.22. The molecule has 0 aliphatic carbocycles. The van der Waals surface area contributed by atoms with Gasteiger partial charge in [0.1, 0.15) is 5.75 Å². The fourth-order valence-corrected chi connectivity index (χ4v) is 2.10. The highest BCUT2D eigenvalue weighted by Crippen LogP contribution is 2.28. The van der Waals surface area contributed by atoms with Gasteiger partial charge >= 0.3 is 6.36 Å². The molecule has 19 heavy (non-hydrogen) atoms. The smallest absolute Gasteiger partial charge is 0.406 e. The van der Waals surface area contributed by atoms with Crippen molar-refractivity contribution < 1.29 is 22.7 Å². The van der Waals surface area contributed by atoms with Crippen molar-refractivity contribution in [3.8, 4) is 5.75 Å². The molecular weight excluding hydrogens is 345 g/mol. The van der Waals surface area contributed by atoms with Gasteiger partial charge in [-0.3, -0.25) is 4.79 Å². The summed E-state index contributed by atoms with van der Waals surface area (Å²) in [5.74, 6) is 0.234. The lowest BCUT2D eigenvalue weighted by atomic mass is 10.2. The van der Waals surface area contributed by atoms with Crippen molar-refractivity contribution in [1.29, 1.82) is 0 Å². The van der Waals surface area contributed by atoms with Gasteiger partial charge < -0.3 is 4.74 Å². The number of halogens is 4. The van der Waals surface area contributed by atoms with E-state index in [-0.39, 0.29) is 10.9 Å². The van der Waals surface area contributed by atoms with E-state index in [1.54, 1.807) is 12.2 Å². The van der Waals surface area contributed by atoms with Crippen LogP contribution < -0.4 is 4.74 Å². The summed E-state index contributed by atoms with van der Waals surface area (Å²) in [7, 11) is 0. The SMILES string of the molecule is CC(=O)SCC=Cc1ccc(OC(F)(F)F)cc1Br. The summed E-state index contributed by atoms with van der Waals surface area (Å²) in [6.45, 7) is 1.47. The molecule has 0 spiro atoms. The molecule has 0 aromatic heterocycles. The lowest BCUT2D eigenvalue weighted by Gasteiger charge is -2.09. The van der Waals surface area contributed by atoms with Crippen molar-refractivity contribution in [1.82, 2.24) is 0 Å². The van der Waals surface area contributed by atoms with E-state index < -0.39 is 6.36 Å². The van der Waals surface area contributed by atoms with Crippen LogP contribution in [-0.2, 0) is 4.79 Å². The van der Waals surface area contributed by atoms with Gasteiger partial charge in [0.15, 0.2) is 5.12 Å². The topological polar surface area (TPSA) is 26.3 Å². The first-order valence-electron chi connectivity index (χ1n) is 5.13. The Balaban J connectivity index is 2.69. The molecule has 0 saturated heterocycles. The predicted octanol–water partition coefficient (Wildman–Crippen LogP) is 4.64.